The monoisotopic (exact) mass is 8730 g/mol. The summed E-state index contributed by atoms with van der Waals surface area (Å²) < 4.78 is 0. The van der Waals surface area contributed by atoms with Crippen molar-refractivity contribution in [1.82, 2.24) is 0 Å². The van der Waals surface area contributed by atoms with Crippen LogP contribution in [0.1, 0.15) is 19.8 Å². The molecule has 2 nitrogen and oxygen atoms in total. The normalized spacial score (nSPS) is 0.925. The minimum absolute atomic E-state index is 0. The standard InChI is InChI=1S/C4H9NO.47W/c1-2-3-4(5)6;;;;;;;;;;;;;;;;;;;;;;;;;;;;;;;;;;;;;;;;;;;;;;;/h2-3H2,1H3,(H2,5,6);;;;;;;;;;;;;;;;;;;;;;;;;;;;;;;;;;;;;;;;;;;;;;;/p-1. The van der Waals surface area contributed by atoms with Crippen LogP contribution in [-0.4, -0.2) is 5.91 Å². The number of carbonyl (C=O) groups excluding carboxylic acids is 1. The predicted molar refractivity (Wildman–Crippen MR) is 24.2 cm³/mol. The van der Waals surface area contributed by atoms with Crippen molar-refractivity contribution in [3.8, 4) is 0 Å². The number of rotatable bonds is 2. The number of carbonyl (C=O) groups is 1. The van der Waals surface area contributed by atoms with Crippen LogP contribution in [0.3, 0.4) is 0 Å². The summed E-state index contributed by atoms with van der Waals surface area (Å²) in [5.74, 6) is -0.461. The zero-order valence-electron chi connectivity index (χ0n) is 23.0. The van der Waals surface area contributed by atoms with E-state index in [1.165, 1.54) is 0 Å². The Morgan fingerprint density at radius 2 is 0.283 bits per heavy atom. The third-order valence-corrected chi connectivity index (χ3v) is 0.477. The first-order valence-corrected chi connectivity index (χ1v) is 2.01. The molecule has 0 aliphatic carbocycles. The van der Waals surface area contributed by atoms with Crippen molar-refractivity contribution in [2.45, 2.75) is 19.8 Å². The number of hydrogen-bond acceptors (Lipinski definition) is 1. The molecule has 0 rings (SSSR count). The Balaban J connectivity index is -0.000000000116. The number of amides is 1. The van der Waals surface area contributed by atoms with E-state index in [4.69, 9.17) is 5.73 Å². The third-order valence-electron chi connectivity index (χ3n) is 0.477. The van der Waals surface area contributed by atoms with Crippen molar-refractivity contribution < 1.29 is 995 Å². The van der Waals surface area contributed by atoms with Crippen LogP contribution in [-0.2, 0) is 995 Å². The molecule has 0 bridgehead atoms. The van der Waals surface area contributed by atoms with Gasteiger partial charge < -0.3 is 10.5 Å². The van der Waals surface area contributed by atoms with Gasteiger partial charge in [0.2, 0.25) is 0 Å². The van der Waals surface area contributed by atoms with E-state index in [0.717, 1.165) is 6.42 Å². The van der Waals surface area contributed by atoms with Gasteiger partial charge in [-0.05, 0) is 6.42 Å². The van der Waals surface area contributed by atoms with Crippen molar-refractivity contribution in [2.24, 2.45) is 0 Å². The first kappa shape index (κ1) is 440. The summed E-state index contributed by atoms with van der Waals surface area (Å²) in [5, 5.41) is 0. The molecular formula is C4H8NOW47-. The maximum atomic E-state index is 9.71. The summed E-state index contributed by atoms with van der Waals surface area (Å²) in [6.45, 7) is 1.88. The van der Waals surface area contributed by atoms with Crippen LogP contribution < -0.4 is 0 Å². The van der Waals surface area contributed by atoms with Gasteiger partial charge in [-0.2, -0.15) is 0 Å². The molecule has 0 aromatic rings. The van der Waals surface area contributed by atoms with Crippen LogP contribution in [0.5, 0.6) is 0 Å². The summed E-state index contributed by atoms with van der Waals surface area (Å²) in [7, 11) is 0. The van der Waals surface area contributed by atoms with E-state index < -0.39 is 5.91 Å². The summed E-state index contributed by atoms with van der Waals surface area (Å²) >= 11 is 0. The van der Waals surface area contributed by atoms with Gasteiger partial charge >= 0.3 is 0 Å². The second kappa shape index (κ2) is 424. The van der Waals surface area contributed by atoms with Gasteiger partial charge in [0.05, 0.1) is 0 Å². The van der Waals surface area contributed by atoms with Crippen LogP contribution in [0.4, 0.5) is 0 Å². The maximum absolute atomic E-state index is 9.71. The molecular weight excluding hydrogens is 8720 g/mol. The summed E-state index contributed by atoms with van der Waals surface area (Å²) in [5.41, 5.74) is 6.34. The fourth-order valence-corrected chi connectivity index (χ4v) is 0.227. The van der Waals surface area contributed by atoms with Crippen molar-refractivity contribution in [3.63, 3.8) is 0 Å². The van der Waals surface area contributed by atoms with Crippen molar-refractivity contribution in [1.29, 1.82) is 0 Å². The molecule has 0 aromatic carbocycles. The van der Waals surface area contributed by atoms with Gasteiger partial charge in [-0.1, -0.05) is 13.3 Å². The molecule has 0 saturated heterocycles. The van der Waals surface area contributed by atoms with E-state index in [0.29, 0.717) is 6.42 Å². The van der Waals surface area contributed by atoms with E-state index in [-0.39, 0.29) is 990 Å². The van der Waals surface area contributed by atoms with Gasteiger partial charge in [-0.3, -0.25) is 0 Å². The molecule has 0 aliphatic heterocycles. The molecule has 0 fully saturated rings. The molecule has 0 atom stereocenters. The second-order valence-electron chi connectivity index (χ2n) is 1.17. The average molecular weight is 8730 g/mol. The summed E-state index contributed by atoms with van der Waals surface area (Å²) in [4.78, 5) is 9.71. The van der Waals surface area contributed by atoms with E-state index in [2.05, 4.69) is 0 Å². The van der Waals surface area contributed by atoms with E-state index in [9.17, 15) is 4.79 Å². The van der Waals surface area contributed by atoms with Gasteiger partial charge in [-0.25, -0.2) is 0 Å². The predicted octanol–water partition coefficient (Wildman–Crippen LogP) is 1.25. The minimum Gasteiger partial charge on any atom is -0.668 e. The molecule has 0 aromatic heterocycles. The molecule has 53 heavy (non-hydrogen) atoms. The van der Waals surface area contributed by atoms with E-state index >= 15 is 0 Å². The van der Waals surface area contributed by atoms with Gasteiger partial charge in [0.1, 0.15) is 0 Å². The Hall–Kier alpha value is 31.8. The Kier molecular flexibility index (Phi) is 3520. The molecule has 1 amide bonds. The van der Waals surface area contributed by atoms with Crippen LogP contribution in [0, 0.1) is 0 Å². The van der Waals surface area contributed by atoms with Gasteiger partial charge in [-0.15, -0.1) is 0 Å². The number of hydrogen-bond donors (Lipinski definition) is 0. The van der Waals surface area contributed by atoms with Crippen molar-refractivity contribution >= 4 is 5.91 Å². The Morgan fingerprint density at radius 3 is 0.283 bits per heavy atom. The second-order valence-corrected chi connectivity index (χ2v) is 1.17. The van der Waals surface area contributed by atoms with Crippen LogP contribution in [0.25, 0.3) is 5.73 Å². The topological polar surface area (TPSA) is 40.9 Å². The molecule has 318 valence electrons. The number of nitrogens with one attached hydrogen (secondary N) is 1. The van der Waals surface area contributed by atoms with E-state index in [1.807, 2.05) is 6.92 Å². The van der Waals surface area contributed by atoms with Gasteiger partial charge in [0, 0.05) is 996 Å². The first-order valence-electron chi connectivity index (χ1n) is 2.01. The molecule has 49 heteroatoms. The summed E-state index contributed by atoms with van der Waals surface area (Å²) in [6, 6.07) is 0. The quantitative estimate of drug-likeness (QED) is 0.412. The zero-order chi connectivity index (χ0) is 4.99. The average Bonchev–Trinajstić information content (AvgIpc) is 1.35. The van der Waals surface area contributed by atoms with E-state index in [1.54, 1.807) is 0 Å². The van der Waals surface area contributed by atoms with Gasteiger partial charge in [0.15, 0.2) is 0 Å². The maximum Gasteiger partial charge on any atom is 0.0487 e. The minimum atomic E-state index is -0.461. The Labute approximate surface area is 996 Å². The van der Waals surface area contributed by atoms with Crippen LogP contribution >= 0.6 is 0 Å². The molecule has 1 N–H and O–H groups in total. The third kappa shape index (κ3) is 463. The van der Waals surface area contributed by atoms with Crippen molar-refractivity contribution in [2.75, 3.05) is 0 Å². The zero-order valence-corrected chi connectivity index (χ0v) is 161. The molecule has 0 radical (unpaired) electrons. The fourth-order valence-electron chi connectivity index (χ4n) is 0.227. The first-order chi connectivity index (χ1) is 2.77. The Bertz CT molecular complexity index is 78.5. The SMILES string of the molecule is CCCC([NH-])=O.[W].[W].[W].[W].[W].[W].[W].[W].[W].[W].[W].[W].[W].[W].[W].[W].[W].[W].[W].[W].[W].[W].[W].[W].[W].[W].[W].[W].[W].[W].[W].[W].[W].[W].[W].[W].[W].[W].[W].[W].[W].[W].[W].[W].[W].[W].[W]. The molecule has 0 saturated carbocycles. The summed E-state index contributed by atoms with van der Waals surface area (Å²) in [6.07, 6.45) is 1.20. The smallest absolute Gasteiger partial charge is 0.0487 e. The molecule has 0 spiro atoms. The molecule has 0 heterocycles. The Morgan fingerprint density at radius 1 is 0.226 bits per heavy atom. The van der Waals surface area contributed by atoms with Gasteiger partial charge in [0.25, 0.3) is 0 Å². The van der Waals surface area contributed by atoms with Crippen molar-refractivity contribution in [3.05, 3.63) is 5.73 Å². The molecule has 0 aliphatic rings. The fraction of sp³-hybridized carbons (Fsp3) is 0.750. The van der Waals surface area contributed by atoms with Crippen LogP contribution in [0.15, 0.2) is 0 Å². The largest absolute Gasteiger partial charge is 0.668 e. The van der Waals surface area contributed by atoms with Crippen LogP contribution in [0.2, 0.25) is 0 Å². The molecule has 0 unspecified atom stereocenters.